The molecule has 1 aliphatic carbocycles. The Morgan fingerprint density at radius 2 is 2.00 bits per heavy atom. The predicted molar refractivity (Wildman–Crippen MR) is 36.0 cm³/mol. The summed E-state index contributed by atoms with van der Waals surface area (Å²) in [5.74, 6) is -2.77. The highest BCUT2D eigenvalue weighted by molar-refractivity contribution is 7.81. The highest BCUT2D eigenvalue weighted by Gasteiger charge is 2.33. The van der Waals surface area contributed by atoms with Crippen LogP contribution in [-0.4, -0.2) is 11.2 Å². The fraction of sp³-hybridized carbons (Fsp3) is 0.333. The van der Waals surface area contributed by atoms with E-state index in [-0.39, 0.29) is 0 Å². The quantitative estimate of drug-likeness (QED) is 0.499. The van der Waals surface area contributed by atoms with Crippen molar-refractivity contribution in [1.82, 2.24) is 0 Å². The number of rotatable bonds is 0. The first-order valence-corrected chi connectivity index (χ1v) is 3.06. The van der Waals surface area contributed by atoms with E-state index < -0.39 is 11.2 Å². The van der Waals surface area contributed by atoms with Crippen LogP contribution in [0, 0.1) is 0 Å². The number of halogens is 2. The monoisotopic (exact) mass is 148 g/mol. The third-order valence-electron chi connectivity index (χ3n) is 1.12. The van der Waals surface area contributed by atoms with Crippen molar-refractivity contribution in [2.45, 2.75) is 11.2 Å². The average molecular weight is 148 g/mol. The van der Waals surface area contributed by atoms with E-state index >= 15 is 0 Å². The number of allylic oxidation sites excluding steroid dienone is 3. The van der Waals surface area contributed by atoms with Gasteiger partial charge in [0.05, 0.1) is 5.25 Å². The molecule has 0 amide bonds. The number of alkyl halides is 2. The minimum absolute atomic E-state index is 0.852. The lowest BCUT2D eigenvalue weighted by Gasteiger charge is -2.17. The minimum Gasteiger partial charge on any atom is -0.200 e. The van der Waals surface area contributed by atoms with Gasteiger partial charge in [0, 0.05) is 0 Å². The van der Waals surface area contributed by atoms with Crippen LogP contribution in [0.3, 0.4) is 0 Å². The Morgan fingerprint density at radius 3 is 2.33 bits per heavy atom. The second-order valence-corrected chi connectivity index (χ2v) is 2.42. The summed E-state index contributed by atoms with van der Waals surface area (Å²) in [6, 6.07) is 0. The highest BCUT2D eigenvalue weighted by atomic mass is 32.1. The highest BCUT2D eigenvalue weighted by Crippen LogP contribution is 2.27. The first-order chi connectivity index (χ1) is 4.13. The summed E-state index contributed by atoms with van der Waals surface area (Å²) in [7, 11) is 0. The van der Waals surface area contributed by atoms with Crippen LogP contribution in [-0.2, 0) is 0 Å². The third-order valence-corrected chi connectivity index (χ3v) is 1.63. The molecule has 0 heterocycles. The lowest BCUT2D eigenvalue weighted by atomic mass is 10.1. The Hall–Kier alpha value is -0.310. The average Bonchev–Trinajstić information content (AvgIpc) is 1.77. The second kappa shape index (κ2) is 2.14. The number of hydrogen-bond acceptors (Lipinski definition) is 1. The standard InChI is InChI=1S/C6H6F2S/c7-6(8)4-2-1-3-5(6)9/h1-5,9H. The summed E-state index contributed by atoms with van der Waals surface area (Å²) >= 11 is 3.65. The second-order valence-electron chi connectivity index (χ2n) is 1.86. The van der Waals surface area contributed by atoms with Gasteiger partial charge in [0.25, 0.3) is 5.92 Å². The van der Waals surface area contributed by atoms with Crippen LogP contribution in [0.5, 0.6) is 0 Å². The van der Waals surface area contributed by atoms with Gasteiger partial charge in [-0.25, -0.2) is 8.78 Å². The van der Waals surface area contributed by atoms with Gasteiger partial charge in [-0.05, 0) is 6.08 Å². The van der Waals surface area contributed by atoms with Gasteiger partial charge in [-0.15, -0.1) is 0 Å². The van der Waals surface area contributed by atoms with E-state index in [1.165, 1.54) is 12.2 Å². The zero-order chi connectivity index (χ0) is 6.91. The molecule has 0 aromatic carbocycles. The first-order valence-electron chi connectivity index (χ1n) is 2.55. The van der Waals surface area contributed by atoms with Crippen molar-refractivity contribution >= 4 is 12.6 Å². The van der Waals surface area contributed by atoms with Gasteiger partial charge in [0.1, 0.15) is 0 Å². The topological polar surface area (TPSA) is 0 Å². The van der Waals surface area contributed by atoms with Crippen LogP contribution in [0.25, 0.3) is 0 Å². The maximum atomic E-state index is 12.4. The molecule has 1 atom stereocenters. The molecular weight excluding hydrogens is 142 g/mol. The van der Waals surface area contributed by atoms with Crippen molar-refractivity contribution < 1.29 is 8.78 Å². The van der Waals surface area contributed by atoms with E-state index in [4.69, 9.17) is 0 Å². The van der Waals surface area contributed by atoms with Crippen molar-refractivity contribution in [3.05, 3.63) is 24.3 Å². The molecule has 0 aliphatic heterocycles. The third kappa shape index (κ3) is 1.33. The molecule has 1 unspecified atom stereocenters. The van der Waals surface area contributed by atoms with Crippen LogP contribution in [0.15, 0.2) is 24.3 Å². The van der Waals surface area contributed by atoms with Gasteiger partial charge in [-0.1, -0.05) is 18.2 Å². The van der Waals surface area contributed by atoms with E-state index in [0.717, 1.165) is 6.08 Å². The maximum Gasteiger partial charge on any atom is 0.281 e. The van der Waals surface area contributed by atoms with Crippen molar-refractivity contribution in [1.29, 1.82) is 0 Å². The molecule has 0 spiro atoms. The molecule has 0 aromatic heterocycles. The van der Waals surface area contributed by atoms with E-state index in [1.54, 1.807) is 6.08 Å². The van der Waals surface area contributed by atoms with Gasteiger partial charge >= 0.3 is 0 Å². The summed E-state index contributed by atoms with van der Waals surface area (Å²) in [6.45, 7) is 0. The van der Waals surface area contributed by atoms with Gasteiger partial charge in [0.2, 0.25) is 0 Å². The van der Waals surface area contributed by atoms with Crippen molar-refractivity contribution in [3.8, 4) is 0 Å². The van der Waals surface area contributed by atoms with Crippen molar-refractivity contribution in [2.75, 3.05) is 0 Å². The Labute approximate surface area is 57.7 Å². The molecule has 0 bridgehead atoms. The van der Waals surface area contributed by atoms with Crippen LogP contribution in [0.1, 0.15) is 0 Å². The lowest BCUT2D eigenvalue weighted by Crippen LogP contribution is -2.26. The first kappa shape index (κ1) is 6.81. The summed E-state index contributed by atoms with van der Waals surface area (Å²) in [4.78, 5) is 0. The van der Waals surface area contributed by atoms with E-state index in [2.05, 4.69) is 12.6 Å². The number of hydrogen-bond donors (Lipinski definition) is 1. The van der Waals surface area contributed by atoms with E-state index in [9.17, 15) is 8.78 Å². The fourth-order valence-electron chi connectivity index (χ4n) is 0.580. The Kier molecular flexibility index (Phi) is 1.62. The normalized spacial score (nSPS) is 30.8. The van der Waals surface area contributed by atoms with Crippen LogP contribution < -0.4 is 0 Å². The zero-order valence-electron chi connectivity index (χ0n) is 4.59. The molecule has 9 heavy (non-hydrogen) atoms. The maximum absolute atomic E-state index is 12.4. The van der Waals surface area contributed by atoms with Gasteiger partial charge in [-0.2, -0.15) is 12.6 Å². The lowest BCUT2D eigenvalue weighted by molar-refractivity contribution is 0.0639. The van der Waals surface area contributed by atoms with Crippen LogP contribution in [0.2, 0.25) is 0 Å². The molecule has 0 aromatic rings. The van der Waals surface area contributed by atoms with Crippen molar-refractivity contribution in [2.24, 2.45) is 0 Å². The molecule has 1 aliphatic rings. The molecule has 1 rings (SSSR count). The Balaban J connectivity index is 2.78. The summed E-state index contributed by atoms with van der Waals surface area (Å²) in [5.41, 5.74) is 0. The molecule has 50 valence electrons. The van der Waals surface area contributed by atoms with Gasteiger partial charge in [-0.3, -0.25) is 0 Å². The molecule has 0 radical (unpaired) electrons. The molecular formula is C6H6F2S. The molecule has 0 saturated carbocycles. The van der Waals surface area contributed by atoms with Crippen LogP contribution >= 0.6 is 12.6 Å². The summed E-state index contributed by atoms with van der Waals surface area (Å²) in [6.07, 6.45) is 5.11. The molecule has 3 heteroatoms. The van der Waals surface area contributed by atoms with Crippen molar-refractivity contribution in [3.63, 3.8) is 0 Å². The Bertz CT molecular complexity index is 160. The summed E-state index contributed by atoms with van der Waals surface area (Å²) < 4.78 is 24.8. The van der Waals surface area contributed by atoms with Crippen LogP contribution in [0.4, 0.5) is 8.78 Å². The van der Waals surface area contributed by atoms with Gasteiger partial charge < -0.3 is 0 Å². The van der Waals surface area contributed by atoms with E-state index in [1.807, 2.05) is 0 Å². The molecule has 0 saturated heterocycles. The predicted octanol–water partition coefficient (Wildman–Crippen LogP) is 2.05. The Morgan fingerprint density at radius 1 is 1.33 bits per heavy atom. The smallest absolute Gasteiger partial charge is 0.200 e. The molecule has 0 fully saturated rings. The minimum atomic E-state index is -2.77. The SMILES string of the molecule is FC1(F)C=CC=CC1S. The molecule has 0 N–H and O–H groups in total. The number of thiol groups is 1. The van der Waals surface area contributed by atoms with Gasteiger partial charge in [0.15, 0.2) is 0 Å². The largest absolute Gasteiger partial charge is 0.281 e. The summed E-state index contributed by atoms with van der Waals surface area (Å²) in [5, 5.41) is -0.956. The zero-order valence-corrected chi connectivity index (χ0v) is 5.48. The van der Waals surface area contributed by atoms with E-state index in [0.29, 0.717) is 0 Å². The fourth-order valence-corrected chi connectivity index (χ4v) is 0.766. The molecule has 0 nitrogen and oxygen atoms in total.